The number of nitrogens with one attached hydrogen (secondary N) is 2. The Bertz CT molecular complexity index is 658. The molecule has 28 heavy (non-hydrogen) atoms. The molecule has 0 saturated carbocycles. The molecule has 7 nitrogen and oxygen atoms in total. The summed E-state index contributed by atoms with van der Waals surface area (Å²) >= 11 is 0. The SMILES string of the molecule is C=CCNC(=O)N1CCC(N2CCCC(C(=O)NCc3ccccn3)C2)CC1. The maximum atomic E-state index is 12.6. The van der Waals surface area contributed by atoms with E-state index in [1.807, 2.05) is 23.1 Å². The third kappa shape index (κ3) is 5.55. The lowest BCUT2D eigenvalue weighted by molar-refractivity contribution is -0.127. The topological polar surface area (TPSA) is 77.6 Å². The van der Waals surface area contributed by atoms with Crippen molar-refractivity contribution in [2.45, 2.75) is 38.3 Å². The molecule has 2 fully saturated rings. The first kappa shape index (κ1) is 20.3. The maximum Gasteiger partial charge on any atom is 0.317 e. The van der Waals surface area contributed by atoms with Crippen molar-refractivity contribution in [1.29, 1.82) is 0 Å². The van der Waals surface area contributed by atoms with Gasteiger partial charge in [0.2, 0.25) is 5.91 Å². The van der Waals surface area contributed by atoms with Crippen LogP contribution in [0.5, 0.6) is 0 Å². The van der Waals surface area contributed by atoms with Gasteiger partial charge in [0.05, 0.1) is 18.2 Å². The molecule has 3 rings (SSSR count). The van der Waals surface area contributed by atoms with Gasteiger partial charge in [0.15, 0.2) is 0 Å². The maximum absolute atomic E-state index is 12.6. The number of aromatic nitrogens is 1. The molecule has 1 aromatic heterocycles. The minimum Gasteiger partial charge on any atom is -0.350 e. The zero-order valence-corrected chi connectivity index (χ0v) is 16.5. The molecule has 2 aliphatic rings. The molecule has 3 amide bonds. The number of amides is 3. The summed E-state index contributed by atoms with van der Waals surface area (Å²) in [6.45, 7) is 7.98. The fourth-order valence-electron chi connectivity index (χ4n) is 4.08. The van der Waals surface area contributed by atoms with Crippen LogP contribution in [0.4, 0.5) is 4.79 Å². The van der Waals surface area contributed by atoms with E-state index in [0.29, 0.717) is 19.1 Å². The van der Waals surface area contributed by atoms with E-state index in [-0.39, 0.29) is 17.9 Å². The number of hydrogen-bond donors (Lipinski definition) is 2. The van der Waals surface area contributed by atoms with Gasteiger partial charge in [-0.05, 0) is 44.4 Å². The van der Waals surface area contributed by atoms with Crippen molar-refractivity contribution in [2.24, 2.45) is 5.92 Å². The number of rotatable bonds is 6. The van der Waals surface area contributed by atoms with Gasteiger partial charge in [-0.15, -0.1) is 6.58 Å². The lowest BCUT2D eigenvalue weighted by atomic mass is 9.93. The highest BCUT2D eigenvalue weighted by Gasteiger charge is 2.32. The van der Waals surface area contributed by atoms with Gasteiger partial charge in [-0.1, -0.05) is 12.1 Å². The van der Waals surface area contributed by atoms with Crippen LogP contribution in [0, 0.1) is 5.92 Å². The van der Waals surface area contributed by atoms with E-state index in [0.717, 1.165) is 57.6 Å². The Morgan fingerprint density at radius 3 is 2.71 bits per heavy atom. The zero-order valence-electron chi connectivity index (χ0n) is 16.5. The quantitative estimate of drug-likeness (QED) is 0.732. The van der Waals surface area contributed by atoms with Crippen LogP contribution in [0.25, 0.3) is 0 Å². The summed E-state index contributed by atoms with van der Waals surface area (Å²) in [7, 11) is 0. The molecule has 2 N–H and O–H groups in total. The molecular formula is C21H31N5O2. The smallest absolute Gasteiger partial charge is 0.317 e. The molecule has 7 heteroatoms. The van der Waals surface area contributed by atoms with E-state index in [9.17, 15) is 9.59 Å². The third-order valence-electron chi connectivity index (χ3n) is 5.66. The summed E-state index contributed by atoms with van der Waals surface area (Å²) in [5.74, 6) is 0.156. The number of carbonyl (C=O) groups is 2. The molecule has 0 spiro atoms. The van der Waals surface area contributed by atoms with Crippen LogP contribution in [0.2, 0.25) is 0 Å². The van der Waals surface area contributed by atoms with Crippen LogP contribution in [0.15, 0.2) is 37.1 Å². The third-order valence-corrected chi connectivity index (χ3v) is 5.66. The Hall–Kier alpha value is -2.41. The Morgan fingerprint density at radius 2 is 2.00 bits per heavy atom. The molecule has 0 aromatic carbocycles. The molecule has 1 unspecified atom stereocenters. The summed E-state index contributed by atoms with van der Waals surface area (Å²) in [4.78, 5) is 33.3. The van der Waals surface area contributed by atoms with Gasteiger partial charge >= 0.3 is 6.03 Å². The highest BCUT2D eigenvalue weighted by atomic mass is 16.2. The minimum absolute atomic E-state index is 0.0104. The van der Waals surface area contributed by atoms with Gasteiger partial charge in [-0.25, -0.2) is 4.79 Å². The molecule has 0 radical (unpaired) electrons. The van der Waals surface area contributed by atoms with Crippen molar-refractivity contribution in [1.82, 2.24) is 25.4 Å². The largest absolute Gasteiger partial charge is 0.350 e. The van der Waals surface area contributed by atoms with E-state index < -0.39 is 0 Å². The van der Waals surface area contributed by atoms with E-state index in [2.05, 4.69) is 27.1 Å². The van der Waals surface area contributed by atoms with Crippen LogP contribution in [0.1, 0.15) is 31.4 Å². The minimum atomic E-state index is -0.0104. The molecule has 2 aliphatic heterocycles. The van der Waals surface area contributed by atoms with Gasteiger partial charge in [0.25, 0.3) is 0 Å². The highest BCUT2D eigenvalue weighted by molar-refractivity contribution is 5.79. The van der Waals surface area contributed by atoms with E-state index >= 15 is 0 Å². The summed E-state index contributed by atoms with van der Waals surface area (Å²) in [5, 5.41) is 5.88. The fourth-order valence-corrected chi connectivity index (χ4v) is 4.08. The number of carbonyl (C=O) groups excluding carboxylic acids is 2. The van der Waals surface area contributed by atoms with Crippen molar-refractivity contribution in [2.75, 3.05) is 32.7 Å². The predicted octanol–water partition coefficient (Wildman–Crippen LogP) is 1.77. The first-order chi connectivity index (χ1) is 13.7. The van der Waals surface area contributed by atoms with Crippen LogP contribution < -0.4 is 10.6 Å². The number of nitrogens with zero attached hydrogens (tertiary/aromatic N) is 3. The van der Waals surface area contributed by atoms with Gasteiger partial charge in [-0.3, -0.25) is 14.7 Å². The molecule has 1 aromatic rings. The van der Waals surface area contributed by atoms with Crippen molar-refractivity contribution < 1.29 is 9.59 Å². The number of pyridine rings is 1. The van der Waals surface area contributed by atoms with Crippen molar-refractivity contribution in [3.05, 3.63) is 42.7 Å². The normalized spacial score (nSPS) is 21.1. The second-order valence-corrected chi connectivity index (χ2v) is 7.57. The number of likely N-dealkylation sites (tertiary alicyclic amines) is 2. The average molecular weight is 386 g/mol. The molecule has 152 valence electrons. The molecule has 2 saturated heterocycles. The van der Waals surface area contributed by atoms with Gasteiger partial charge in [0.1, 0.15) is 0 Å². The summed E-state index contributed by atoms with van der Waals surface area (Å²) in [5.41, 5.74) is 0.880. The molecule has 0 aliphatic carbocycles. The van der Waals surface area contributed by atoms with Gasteiger partial charge < -0.3 is 15.5 Å². The number of hydrogen-bond acceptors (Lipinski definition) is 4. The van der Waals surface area contributed by atoms with E-state index in [4.69, 9.17) is 0 Å². The standard InChI is InChI=1S/C21H31N5O2/c1-2-10-23-21(28)25-13-8-19(9-14-25)26-12-5-6-17(16-26)20(27)24-15-18-7-3-4-11-22-18/h2-4,7,11,17,19H,1,5-6,8-10,12-16H2,(H,23,28)(H,24,27). The Labute approximate surface area is 167 Å². The fraction of sp³-hybridized carbons (Fsp3) is 0.571. The van der Waals surface area contributed by atoms with Crippen LogP contribution >= 0.6 is 0 Å². The van der Waals surface area contributed by atoms with Crippen LogP contribution in [0.3, 0.4) is 0 Å². The highest BCUT2D eigenvalue weighted by Crippen LogP contribution is 2.24. The number of piperidine rings is 2. The predicted molar refractivity (Wildman–Crippen MR) is 109 cm³/mol. The first-order valence-electron chi connectivity index (χ1n) is 10.2. The monoisotopic (exact) mass is 385 g/mol. The summed E-state index contributed by atoms with van der Waals surface area (Å²) in [6, 6.07) is 6.17. The average Bonchev–Trinajstić information content (AvgIpc) is 2.76. The molecule has 3 heterocycles. The lowest BCUT2D eigenvalue weighted by Crippen LogP contribution is -2.52. The van der Waals surface area contributed by atoms with E-state index in [1.54, 1.807) is 12.3 Å². The first-order valence-corrected chi connectivity index (χ1v) is 10.2. The van der Waals surface area contributed by atoms with Crippen LogP contribution in [-0.4, -0.2) is 65.5 Å². The Kier molecular flexibility index (Phi) is 7.42. The molecule has 1 atom stereocenters. The Balaban J connectivity index is 1.44. The Morgan fingerprint density at radius 1 is 1.18 bits per heavy atom. The van der Waals surface area contributed by atoms with E-state index in [1.165, 1.54) is 0 Å². The van der Waals surface area contributed by atoms with Crippen LogP contribution in [-0.2, 0) is 11.3 Å². The summed E-state index contributed by atoms with van der Waals surface area (Å²) < 4.78 is 0. The second-order valence-electron chi connectivity index (χ2n) is 7.57. The van der Waals surface area contributed by atoms with Crippen molar-refractivity contribution in [3.63, 3.8) is 0 Å². The zero-order chi connectivity index (χ0) is 19.8. The van der Waals surface area contributed by atoms with Gasteiger partial charge in [0, 0.05) is 38.4 Å². The number of urea groups is 1. The summed E-state index contributed by atoms with van der Waals surface area (Å²) in [6.07, 6.45) is 7.34. The molecular weight excluding hydrogens is 354 g/mol. The second kappa shape index (κ2) is 10.2. The van der Waals surface area contributed by atoms with Crippen molar-refractivity contribution >= 4 is 11.9 Å². The lowest BCUT2D eigenvalue weighted by Gasteiger charge is -2.42. The molecule has 0 bridgehead atoms. The van der Waals surface area contributed by atoms with Gasteiger partial charge in [-0.2, -0.15) is 0 Å². The van der Waals surface area contributed by atoms with Crippen molar-refractivity contribution in [3.8, 4) is 0 Å².